The average molecular weight is 392 g/mol. The van der Waals surface area contributed by atoms with Crippen molar-refractivity contribution >= 4 is 11.9 Å². The van der Waals surface area contributed by atoms with E-state index in [-0.39, 0.29) is 18.6 Å². The maximum absolute atomic E-state index is 12.5. The Morgan fingerprint density at radius 3 is 2.64 bits per heavy atom. The Morgan fingerprint density at radius 2 is 2.04 bits per heavy atom. The quantitative estimate of drug-likeness (QED) is 0.562. The second kappa shape index (κ2) is 6.83. The molecule has 0 aliphatic carbocycles. The van der Waals surface area contributed by atoms with Crippen LogP contribution in [-0.4, -0.2) is 45.2 Å². The fourth-order valence-electron chi connectivity index (χ4n) is 4.00. The van der Waals surface area contributed by atoms with Gasteiger partial charge in [0.15, 0.2) is 5.79 Å². The van der Waals surface area contributed by atoms with Crippen molar-refractivity contribution in [2.24, 2.45) is 0 Å². The van der Waals surface area contributed by atoms with E-state index < -0.39 is 35.0 Å². The zero-order valence-electron chi connectivity index (χ0n) is 17.0. The lowest BCUT2D eigenvalue weighted by atomic mass is 9.82. The van der Waals surface area contributed by atoms with Gasteiger partial charge in [0.2, 0.25) is 0 Å². The predicted molar refractivity (Wildman–Crippen MR) is 99.7 cm³/mol. The Labute approximate surface area is 164 Å². The summed E-state index contributed by atoms with van der Waals surface area (Å²) in [5.41, 5.74) is -1.42. The van der Waals surface area contributed by atoms with Crippen LogP contribution in [0.4, 0.5) is 0 Å². The molecule has 4 atom stereocenters. The van der Waals surface area contributed by atoms with Crippen LogP contribution < -0.4 is 0 Å². The van der Waals surface area contributed by atoms with Gasteiger partial charge in [-0.2, -0.15) is 0 Å². The van der Waals surface area contributed by atoms with E-state index in [1.165, 1.54) is 6.92 Å². The van der Waals surface area contributed by atoms with Crippen LogP contribution >= 0.6 is 0 Å². The fourth-order valence-corrected chi connectivity index (χ4v) is 4.00. The Morgan fingerprint density at radius 1 is 1.36 bits per heavy atom. The van der Waals surface area contributed by atoms with Crippen molar-refractivity contribution < 1.29 is 34.0 Å². The first-order chi connectivity index (χ1) is 13.0. The van der Waals surface area contributed by atoms with Crippen molar-refractivity contribution in [3.05, 3.63) is 34.6 Å². The molecule has 0 amide bonds. The van der Waals surface area contributed by atoms with Gasteiger partial charge in [0, 0.05) is 29.6 Å². The molecule has 1 saturated heterocycles. The zero-order valence-corrected chi connectivity index (χ0v) is 17.0. The van der Waals surface area contributed by atoms with Crippen molar-refractivity contribution in [2.45, 2.75) is 83.4 Å². The molecule has 0 aromatic heterocycles. The van der Waals surface area contributed by atoms with E-state index in [1.807, 2.05) is 6.92 Å². The third kappa shape index (κ3) is 3.32. The molecule has 3 aliphatic rings. The number of fused-ring (bicyclic) bond motifs is 3. The zero-order chi connectivity index (χ0) is 20.9. The number of carbonyl (C=O) groups excluding carboxylic acids is 2. The Kier molecular flexibility index (Phi) is 5.06. The van der Waals surface area contributed by atoms with Gasteiger partial charge in [-0.1, -0.05) is 13.0 Å². The molecule has 1 fully saturated rings. The van der Waals surface area contributed by atoms with Crippen molar-refractivity contribution in [1.82, 2.24) is 0 Å². The molecule has 0 radical (unpaired) electrons. The molecule has 0 aromatic carbocycles. The van der Waals surface area contributed by atoms with E-state index >= 15 is 0 Å². The third-order valence-electron chi connectivity index (χ3n) is 5.94. The van der Waals surface area contributed by atoms with Crippen LogP contribution in [0.5, 0.6) is 0 Å². The van der Waals surface area contributed by atoms with Crippen molar-refractivity contribution in [2.75, 3.05) is 0 Å². The van der Waals surface area contributed by atoms with Crippen LogP contribution in [0.25, 0.3) is 0 Å². The lowest BCUT2D eigenvalue weighted by Crippen LogP contribution is -2.54. The number of rotatable bonds is 3. The van der Waals surface area contributed by atoms with Gasteiger partial charge in [-0.25, -0.2) is 9.59 Å². The summed E-state index contributed by atoms with van der Waals surface area (Å²) < 4.78 is 17.0. The molecule has 28 heavy (non-hydrogen) atoms. The van der Waals surface area contributed by atoms with Crippen LogP contribution in [-0.2, 0) is 23.8 Å². The first-order valence-corrected chi connectivity index (χ1v) is 9.62. The molecule has 7 nitrogen and oxygen atoms in total. The van der Waals surface area contributed by atoms with E-state index in [1.54, 1.807) is 32.9 Å². The fraction of sp³-hybridized carbons (Fsp3) is 0.619. The summed E-state index contributed by atoms with van der Waals surface area (Å²) in [5.74, 6) is -2.60. The topological polar surface area (TPSA) is 102 Å². The number of hydrogen-bond acceptors (Lipinski definition) is 7. The molecule has 2 bridgehead atoms. The predicted octanol–water partition coefficient (Wildman–Crippen LogP) is 2.42. The number of esters is 2. The second-order valence-electron chi connectivity index (χ2n) is 8.19. The molecule has 0 aromatic rings. The molecule has 3 rings (SSSR count). The molecule has 7 heteroatoms. The van der Waals surface area contributed by atoms with Gasteiger partial charge in [-0.3, -0.25) is 0 Å². The van der Waals surface area contributed by atoms with E-state index in [2.05, 4.69) is 0 Å². The summed E-state index contributed by atoms with van der Waals surface area (Å²) in [6.07, 6.45) is 3.17. The largest absolute Gasteiger partial charge is 0.454 e. The summed E-state index contributed by atoms with van der Waals surface area (Å²) >= 11 is 0. The van der Waals surface area contributed by atoms with E-state index in [4.69, 9.17) is 14.2 Å². The lowest BCUT2D eigenvalue weighted by molar-refractivity contribution is -0.298. The van der Waals surface area contributed by atoms with Crippen LogP contribution in [0.15, 0.2) is 34.6 Å². The van der Waals surface area contributed by atoms with Gasteiger partial charge in [0.25, 0.3) is 0 Å². The van der Waals surface area contributed by atoms with E-state index in [0.29, 0.717) is 29.6 Å². The maximum atomic E-state index is 12.5. The van der Waals surface area contributed by atoms with E-state index in [9.17, 15) is 19.8 Å². The summed E-state index contributed by atoms with van der Waals surface area (Å²) in [5, 5.41) is 22.1. The molecule has 3 heterocycles. The smallest absolute Gasteiger partial charge is 0.339 e. The van der Waals surface area contributed by atoms with Gasteiger partial charge >= 0.3 is 11.9 Å². The number of allylic oxidation sites excluding steroid dienone is 1. The van der Waals surface area contributed by atoms with Gasteiger partial charge in [0.1, 0.15) is 17.5 Å². The minimum atomic E-state index is -1.81. The minimum absolute atomic E-state index is 0.144. The van der Waals surface area contributed by atoms with E-state index in [0.717, 1.165) is 0 Å². The van der Waals surface area contributed by atoms with Crippen molar-refractivity contribution in [3.63, 3.8) is 0 Å². The van der Waals surface area contributed by atoms with Gasteiger partial charge in [0.05, 0.1) is 5.60 Å². The first-order valence-electron chi connectivity index (χ1n) is 9.62. The second-order valence-corrected chi connectivity index (χ2v) is 8.19. The molecular weight excluding hydrogens is 364 g/mol. The number of aliphatic hydroxyl groups is 2. The molecule has 4 unspecified atom stereocenters. The highest BCUT2D eigenvalue weighted by Crippen LogP contribution is 2.49. The number of hydrogen-bond donors (Lipinski definition) is 2. The molecule has 3 aliphatic heterocycles. The van der Waals surface area contributed by atoms with Crippen LogP contribution in [0.2, 0.25) is 0 Å². The third-order valence-corrected chi connectivity index (χ3v) is 5.94. The van der Waals surface area contributed by atoms with Crippen LogP contribution in [0.3, 0.4) is 0 Å². The minimum Gasteiger partial charge on any atom is -0.454 e. The summed E-state index contributed by atoms with van der Waals surface area (Å²) in [4.78, 5) is 24.9. The summed E-state index contributed by atoms with van der Waals surface area (Å²) in [6.45, 7) is 8.37. The Hall–Kier alpha value is -1.96. The van der Waals surface area contributed by atoms with Gasteiger partial charge < -0.3 is 24.4 Å². The SMILES string of the molecule is C/C=C(\C)C(=O)OC1CC(C)(O)C2(O)CCC(C)(/C=C3/OC(=O)C(CC)=C31)O2. The summed E-state index contributed by atoms with van der Waals surface area (Å²) in [6, 6.07) is 0. The highest BCUT2D eigenvalue weighted by atomic mass is 16.7. The number of ether oxygens (including phenoxy) is 3. The maximum Gasteiger partial charge on any atom is 0.339 e. The highest BCUT2D eigenvalue weighted by molar-refractivity contribution is 5.95. The molecule has 2 N–H and O–H groups in total. The van der Waals surface area contributed by atoms with Crippen LogP contribution in [0.1, 0.15) is 60.3 Å². The van der Waals surface area contributed by atoms with Gasteiger partial charge in [-0.15, -0.1) is 0 Å². The lowest BCUT2D eigenvalue weighted by Gasteiger charge is -2.40. The van der Waals surface area contributed by atoms with Crippen LogP contribution in [0, 0.1) is 0 Å². The number of carbonyl (C=O) groups is 2. The Balaban J connectivity index is 2.16. The molecule has 154 valence electrons. The molecule has 0 saturated carbocycles. The molecule has 0 spiro atoms. The highest BCUT2D eigenvalue weighted by Gasteiger charge is 2.58. The van der Waals surface area contributed by atoms with Gasteiger partial charge in [-0.05, 0) is 46.6 Å². The van der Waals surface area contributed by atoms with Crippen molar-refractivity contribution in [3.8, 4) is 0 Å². The normalized spacial score (nSPS) is 40.1. The standard InChI is InChI=1S/C21H28O7/c1-6-12(3)17(22)26-15-11-20(5,24)21(25)9-8-19(4,28-21)10-14-16(15)13(7-2)18(23)27-14/h6,10,15,24-25H,7-9,11H2,1-5H3/b12-6+,14-10+. The average Bonchev–Trinajstić information content (AvgIpc) is 3.09. The van der Waals surface area contributed by atoms with Crippen molar-refractivity contribution in [1.29, 1.82) is 0 Å². The monoisotopic (exact) mass is 392 g/mol. The molecular formula is C21H28O7. The first kappa shape index (κ1) is 20.8. The Bertz CT molecular complexity index is 804. The summed E-state index contributed by atoms with van der Waals surface area (Å²) in [7, 11) is 0.